The lowest BCUT2D eigenvalue weighted by molar-refractivity contribution is 0.0991. The number of nitrogens with two attached hydrogens (primary N) is 3. The fourth-order valence-electron chi connectivity index (χ4n) is 1.53. The summed E-state index contributed by atoms with van der Waals surface area (Å²) >= 11 is 0. The minimum Gasteiger partial charge on any atom is -0.366 e. The number of aromatic nitrogens is 3. The topological polar surface area (TPSA) is 168 Å². The summed E-state index contributed by atoms with van der Waals surface area (Å²) in [6.45, 7) is 0. The summed E-state index contributed by atoms with van der Waals surface area (Å²) in [6.07, 6.45) is 9.07. The van der Waals surface area contributed by atoms with Crippen molar-refractivity contribution in [3.8, 4) is 0 Å². The monoisotopic (exact) mass is 366 g/mol. The number of rotatable bonds is 3. The maximum Gasteiger partial charge on any atom is 0.250 e. The molecule has 3 amide bonds. The first kappa shape index (κ1) is 20.9. The van der Waals surface area contributed by atoms with Gasteiger partial charge >= 0.3 is 0 Å². The molecule has 3 rings (SSSR count). The molecule has 0 atom stereocenters. The van der Waals surface area contributed by atoms with Crippen molar-refractivity contribution in [3.63, 3.8) is 0 Å². The van der Waals surface area contributed by atoms with Crippen molar-refractivity contribution >= 4 is 17.7 Å². The maximum atomic E-state index is 10.4. The highest BCUT2D eigenvalue weighted by Gasteiger charge is 1.96. The van der Waals surface area contributed by atoms with Gasteiger partial charge in [0.2, 0.25) is 17.7 Å². The first-order valence-electron chi connectivity index (χ1n) is 7.51. The van der Waals surface area contributed by atoms with Crippen LogP contribution < -0.4 is 17.2 Å². The molecule has 0 aliphatic heterocycles. The molecule has 0 fully saturated rings. The second kappa shape index (κ2) is 11.4. The number of hydrogen-bond acceptors (Lipinski definition) is 6. The number of carbonyl (C=O) groups is 3. The van der Waals surface area contributed by atoms with Crippen molar-refractivity contribution in [2.45, 2.75) is 0 Å². The van der Waals surface area contributed by atoms with E-state index in [9.17, 15) is 14.4 Å². The van der Waals surface area contributed by atoms with Crippen molar-refractivity contribution < 1.29 is 14.4 Å². The SMILES string of the molecule is NC(=O)c1cccnc1.NC(=O)c1cccnc1.NC(=O)c1cccnc1. The first-order valence-corrected chi connectivity index (χ1v) is 7.51. The summed E-state index contributed by atoms with van der Waals surface area (Å²) in [6, 6.07) is 9.86. The lowest BCUT2D eigenvalue weighted by Crippen LogP contribution is -2.10. The Morgan fingerprint density at radius 1 is 0.556 bits per heavy atom. The zero-order valence-corrected chi connectivity index (χ0v) is 14.2. The van der Waals surface area contributed by atoms with Gasteiger partial charge in [-0.15, -0.1) is 0 Å². The van der Waals surface area contributed by atoms with E-state index in [-0.39, 0.29) is 0 Å². The quantitative estimate of drug-likeness (QED) is 0.611. The highest BCUT2D eigenvalue weighted by Crippen LogP contribution is 1.92. The van der Waals surface area contributed by atoms with Gasteiger partial charge in [0.05, 0.1) is 16.7 Å². The third-order valence-corrected chi connectivity index (χ3v) is 2.84. The number of amides is 3. The van der Waals surface area contributed by atoms with Crippen LogP contribution in [0.3, 0.4) is 0 Å². The summed E-state index contributed by atoms with van der Waals surface area (Å²) in [7, 11) is 0. The van der Waals surface area contributed by atoms with Crippen LogP contribution in [-0.2, 0) is 0 Å². The van der Waals surface area contributed by atoms with Crippen LogP contribution in [0.2, 0.25) is 0 Å². The van der Waals surface area contributed by atoms with Crippen LogP contribution >= 0.6 is 0 Å². The van der Waals surface area contributed by atoms with Crippen LogP contribution in [0.25, 0.3) is 0 Å². The average Bonchev–Trinajstić information content (AvgIpc) is 2.71. The molecule has 6 N–H and O–H groups in total. The molecule has 0 aromatic carbocycles. The molecular weight excluding hydrogens is 348 g/mol. The van der Waals surface area contributed by atoms with Gasteiger partial charge in [-0.3, -0.25) is 29.3 Å². The molecule has 0 spiro atoms. The van der Waals surface area contributed by atoms with Crippen LogP contribution in [0.4, 0.5) is 0 Å². The van der Waals surface area contributed by atoms with E-state index in [4.69, 9.17) is 17.2 Å². The lowest BCUT2D eigenvalue weighted by Gasteiger charge is -1.88. The Balaban J connectivity index is 0.000000202. The molecule has 3 aromatic rings. The largest absolute Gasteiger partial charge is 0.366 e. The molecule has 0 unspecified atom stereocenters. The van der Waals surface area contributed by atoms with Gasteiger partial charge in [0.25, 0.3) is 0 Å². The highest BCUT2D eigenvalue weighted by molar-refractivity contribution is 5.93. The molecule has 0 radical (unpaired) electrons. The van der Waals surface area contributed by atoms with Crippen molar-refractivity contribution in [1.82, 2.24) is 15.0 Å². The Labute approximate surface area is 155 Å². The van der Waals surface area contributed by atoms with Crippen LogP contribution in [-0.4, -0.2) is 32.7 Å². The number of nitrogens with zero attached hydrogens (tertiary/aromatic N) is 3. The molecule has 138 valence electrons. The second-order valence-electron chi connectivity index (χ2n) is 4.82. The Morgan fingerprint density at radius 3 is 0.926 bits per heavy atom. The van der Waals surface area contributed by atoms with E-state index < -0.39 is 17.7 Å². The lowest BCUT2D eigenvalue weighted by atomic mass is 10.3. The molecule has 27 heavy (non-hydrogen) atoms. The van der Waals surface area contributed by atoms with Gasteiger partial charge in [-0.25, -0.2) is 0 Å². The Morgan fingerprint density at radius 2 is 0.815 bits per heavy atom. The third kappa shape index (κ3) is 8.49. The first-order chi connectivity index (χ1) is 12.9. The van der Waals surface area contributed by atoms with Gasteiger partial charge in [-0.2, -0.15) is 0 Å². The predicted octanol–water partition coefficient (Wildman–Crippen LogP) is 0.542. The van der Waals surface area contributed by atoms with E-state index in [0.29, 0.717) is 16.7 Å². The average molecular weight is 366 g/mol. The fourth-order valence-corrected chi connectivity index (χ4v) is 1.53. The number of carbonyl (C=O) groups excluding carboxylic acids is 3. The normalized spacial score (nSPS) is 8.89. The van der Waals surface area contributed by atoms with Crippen molar-refractivity contribution in [2.24, 2.45) is 17.2 Å². The number of hydrogen-bond donors (Lipinski definition) is 3. The van der Waals surface area contributed by atoms with E-state index in [0.717, 1.165) is 0 Å². The zero-order chi connectivity index (χ0) is 20.1. The van der Waals surface area contributed by atoms with E-state index in [1.165, 1.54) is 18.6 Å². The standard InChI is InChI=1S/3C6H6N2O/c3*7-6(9)5-2-1-3-8-4-5/h3*1-4H,(H2,7,9). The van der Waals surface area contributed by atoms with Crippen LogP contribution in [0, 0.1) is 0 Å². The predicted molar refractivity (Wildman–Crippen MR) is 98.3 cm³/mol. The van der Waals surface area contributed by atoms with Crippen molar-refractivity contribution in [2.75, 3.05) is 0 Å². The molecule has 0 saturated carbocycles. The molecular formula is C18H18N6O3. The van der Waals surface area contributed by atoms with Crippen LogP contribution in [0.1, 0.15) is 31.1 Å². The van der Waals surface area contributed by atoms with Gasteiger partial charge < -0.3 is 17.2 Å². The molecule has 0 saturated heterocycles. The van der Waals surface area contributed by atoms with Crippen LogP contribution in [0.15, 0.2) is 73.6 Å². The Hall–Kier alpha value is -4.14. The van der Waals surface area contributed by atoms with E-state index in [1.807, 2.05) is 0 Å². The summed E-state index contributed by atoms with van der Waals surface area (Å²) in [5, 5.41) is 0. The molecule has 9 heteroatoms. The molecule has 0 aliphatic carbocycles. The summed E-state index contributed by atoms with van der Waals surface area (Å²) in [5.41, 5.74) is 16.1. The smallest absolute Gasteiger partial charge is 0.250 e. The number of pyridine rings is 3. The van der Waals surface area contributed by atoms with Gasteiger partial charge in [0, 0.05) is 37.2 Å². The maximum absolute atomic E-state index is 10.4. The van der Waals surface area contributed by atoms with Crippen molar-refractivity contribution in [1.29, 1.82) is 0 Å². The minimum atomic E-state index is -0.442. The van der Waals surface area contributed by atoms with Gasteiger partial charge in [0.1, 0.15) is 0 Å². The van der Waals surface area contributed by atoms with E-state index >= 15 is 0 Å². The number of primary amides is 3. The third-order valence-electron chi connectivity index (χ3n) is 2.84. The molecule has 0 aliphatic rings. The van der Waals surface area contributed by atoms with Crippen molar-refractivity contribution in [3.05, 3.63) is 90.3 Å². The Bertz CT molecular complexity index is 740. The van der Waals surface area contributed by atoms with Gasteiger partial charge in [-0.05, 0) is 36.4 Å². The molecule has 0 bridgehead atoms. The summed E-state index contributed by atoms with van der Waals surface area (Å²) in [4.78, 5) is 42.3. The summed E-state index contributed by atoms with van der Waals surface area (Å²) in [5.74, 6) is -1.32. The molecule has 3 heterocycles. The van der Waals surface area contributed by atoms with Crippen LogP contribution in [0.5, 0.6) is 0 Å². The van der Waals surface area contributed by atoms with Gasteiger partial charge in [-0.1, -0.05) is 0 Å². The fraction of sp³-hybridized carbons (Fsp3) is 0. The second-order valence-corrected chi connectivity index (χ2v) is 4.82. The summed E-state index contributed by atoms with van der Waals surface area (Å²) < 4.78 is 0. The van der Waals surface area contributed by atoms with Gasteiger partial charge in [0.15, 0.2) is 0 Å². The highest BCUT2D eigenvalue weighted by atomic mass is 16.2. The minimum absolute atomic E-state index is 0.442. The molecule has 9 nitrogen and oxygen atoms in total. The zero-order valence-electron chi connectivity index (χ0n) is 14.2. The van der Waals surface area contributed by atoms with E-state index in [1.54, 1.807) is 55.0 Å². The molecule has 3 aromatic heterocycles. The Kier molecular flexibility index (Phi) is 8.84. The van der Waals surface area contributed by atoms with E-state index in [2.05, 4.69) is 15.0 Å².